The maximum atomic E-state index is 5.08. The molecule has 3 aromatic carbocycles. The molecule has 2 nitrogen and oxygen atoms in total. The molecule has 0 saturated carbocycles. The highest BCUT2D eigenvalue weighted by Crippen LogP contribution is 2.35. The van der Waals surface area contributed by atoms with Gasteiger partial charge in [0.25, 0.3) is 0 Å². The van der Waals surface area contributed by atoms with Crippen LogP contribution in [0.4, 0.5) is 0 Å². The monoisotopic (exact) mass is 476 g/mol. The summed E-state index contributed by atoms with van der Waals surface area (Å²) < 4.78 is 3.30. The number of fused-ring (bicyclic) bond motifs is 3. The average molecular weight is 477 g/mol. The van der Waals surface area contributed by atoms with Gasteiger partial charge in [-0.3, -0.25) is 4.57 Å². The Bertz CT molecular complexity index is 1510. The summed E-state index contributed by atoms with van der Waals surface area (Å²) in [7, 11) is 0. The number of benzene rings is 3. The molecule has 5 rings (SSSR count). The van der Waals surface area contributed by atoms with E-state index in [-0.39, 0.29) is 0 Å². The zero-order valence-corrected chi connectivity index (χ0v) is 19.1. The Hall–Kier alpha value is -3.69. The van der Waals surface area contributed by atoms with Gasteiger partial charge in [0.2, 0.25) is 0 Å². The van der Waals surface area contributed by atoms with Crippen LogP contribution in [-0.2, 0) is 0 Å². The number of para-hydroxylation sites is 1. The first-order valence-electron chi connectivity index (χ1n) is 10.4. The molecule has 0 bridgehead atoms. The summed E-state index contributed by atoms with van der Waals surface area (Å²) in [5.41, 5.74) is 6.28. The maximum Gasteiger partial charge on any atom is 0.138 e. The summed E-state index contributed by atoms with van der Waals surface area (Å²) in [5.74, 6) is 0.867. The number of nitrogens with zero attached hydrogens (tertiary/aromatic N) is 2. The molecule has 0 aliphatic carbocycles. The molecular weight excluding hydrogens is 456 g/mol. The van der Waals surface area contributed by atoms with Gasteiger partial charge in [-0.15, -0.1) is 0 Å². The molecule has 2 aromatic heterocycles. The van der Waals surface area contributed by atoms with Gasteiger partial charge >= 0.3 is 0 Å². The first kappa shape index (κ1) is 20.2. The molecule has 0 atom stereocenters. The van der Waals surface area contributed by atoms with Crippen LogP contribution in [0.1, 0.15) is 5.69 Å². The summed E-state index contributed by atoms with van der Waals surface area (Å²) in [6.45, 7) is 7.85. The Morgan fingerprint density at radius 2 is 1.53 bits per heavy atom. The largest absolute Gasteiger partial charge is 0.294 e. The Morgan fingerprint density at radius 1 is 0.781 bits per heavy atom. The minimum atomic E-state index is 0.860. The molecule has 0 aliphatic rings. The van der Waals surface area contributed by atoms with Crippen LogP contribution in [0.25, 0.3) is 44.3 Å². The zero-order chi connectivity index (χ0) is 22.1. The molecule has 154 valence electrons. The third kappa shape index (κ3) is 3.51. The summed E-state index contributed by atoms with van der Waals surface area (Å²) in [6, 6.07) is 29.5. The summed E-state index contributed by atoms with van der Waals surface area (Å²) in [4.78, 5) is 5.08. The Kier molecular flexibility index (Phi) is 5.34. The predicted molar refractivity (Wildman–Crippen MR) is 140 cm³/mol. The molecule has 5 aromatic rings. The summed E-state index contributed by atoms with van der Waals surface area (Å²) in [5, 5.41) is 2.39. The SMILES string of the molecule is C=C/C=C(\C=C)c1cc(-c2ccccc2)cc(-n2c3ccccc3c3cc(Br)ccc32)n1. The van der Waals surface area contributed by atoms with E-state index in [1.807, 2.05) is 18.2 Å². The van der Waals surface area contributed by atoms with Crippen molar-refractivity contribution in [2.75, 3.05) is 0 Å². The van der Waals surface area contributed by atoms with Gasteiger partial charge in [0.1, 0.15) is 5.82 Å². The van der Waals surface area contributed by atoms with Crippen molar-refractivity contribution in [2.45, 2.75) is 0 Å². The van der Waals surface area contributed by atoms with E-state index < -0.39 is 0 Å². The number of pyridine rings is 1. The van der Waals surface area contributed by atoms with Crippen molar-refractivity contribution in [3.63, 3.8) is 0 Å². The number of aromatic nitrogens is 2. The van der Waals surface area contributed by atoms with Gasteiger partial charge in [-0.1, -0.05) is 95.8 Å². The van der Waals surface area contributed by atoms with E-state index >= 15 is 0 Å². The lowest BCUT2D eigenvalue weighted by atomic mass is 10.0. The standard InChI is InChI=1S/C29H21BrN2/c1-3-10-20(4-2)26-17-22(21-11-6-5-7-12-21)18-29(31-26)32-27-14-9-8-13-24(27)25-19-23(30)15-16-28(25)32/h3-19H,1-2H2/b20-10+. The Labute approximate surface area is 196 Å². The minimum Gasteiger partial charge on any atom is -0.294 e. The third-order valence-corrected chi connectivity index (χ3v) is 6.09. The second-order valence-corrected chi connectivity index (χ2v) is 8.46. The molecule has 0 unspecified atom stereocenters. The van der Waals surface area contributed by atoms with Crippen molar-refractivity contribution in [1.82, 2.24) is 9.55 Å². The van der Waals surface area contributed by atoms with Crippen molar-refractivity contribution in [2.24, 2.45) is 0 Å². The normalized spacial score (nSPS) is 11.7. The number of hydrogen-bond acceptors (Lipinski definition) is 1. The predicted octanol–water partition coefficient (Wildman–Crippen LogP) is 8.36. The van der Waals surface area contributed by atoms with E-state index in [1.165, 1.54) is 10.8 Å². The molecule has 0 amide bonds. The van der Waals surface area contributed by atoms with Crippen molar-refractivity contribution < 1.29 is 0 Å². The summed E-state index contributed by atoms with van der Waals surface area (Å²) in [6.07, 6.45) is 5.54. The van der Waals surface area contributed by atoms with Crippen LogP contribution in [0.5, 0.6) is 0 Å². The quantitative estimate of drug-likeness (QED) is 0.233. The van der Waals surface area contributed by atoms with E-state index in [2.05, 4.69) is 113 Å². The van der Waals surface area contributed by atoms with Crippen molar-refractivity contribution in [1.29, 1.82) is 0 Å². The van der Waals surface area contributed by atoms with Gasteiger partial charge < -0.3 is 0 Å². The van der Waals surface area contributed by atoms with E-state index in [9.17, 15) is 0 Å². The lowest BCUT2D eigenvalue weighted by molar-refractivity contribution is 1.07. The van der Waals surface area contributed by atoms with Crippen LogP contribution >= 0.6 is 15.9 Å². The van der Waals surface area contributed by atoms with Crippen LogP contribution in [0.3, 0.4) is 0 Å². The number of hydrogen-bond donors (Lipinski definition) is 0. The van der Waals surface area contributed by atoms with Crippen LogP contribution in [0, 0.1) is 0 Å². The third-order valence-electron chi connectivity index (χ3n) is 5.60. The van der Waals surface area contributed by atoms with E-state index in [4.69, 9.17) is 4.98 Å². The van der Waals surface area contributed by atoms with Gasteiger partial charge in [0.15, 0.2) is 0 Å². The Morgan fingerprint density at radius 3 is 2.31 bits per heavy atom. The van der Waals surface area contributed by atoms with Crippen molar-refractivity contribution >= 4 is 43.3 Å². The average Bonchev–Trinajstić information content (AvgIpc) is 3.16. The van der Waals surface area contributed by atoms with Crippen LogP contribution < -0.4 is 0 Å². The first-order valence-corrected chi connectivity index (χ1v) is 11.2. The highest BCUT2D eigenvalue weighted by Gasteiger charge is 2.15. The highest BCUT2D eigenvalue weighted by atomic mass is 79.9. The highest BCUT2D eigenvalue weighted by molar-refractivity contribution is 9.10. The fourth-order valence-corrected chi connectivity index (χ4v) is 4.51. The molecule has 32 heavy (non-hydrogen) atoms. The van der Waals surface area contributed by atoms with E-state index in [1.54, 1.807) is 6.08 Å². The second kappa shape index (κ2) is 8.45. The zero-order valence-electron chi connectivity index (χ0n) is 17.5. The van der Waals surface area contributed by atoms with Gasteiger partial charge in [-0.2, -0.15) is 0 Å². The van der Waals surface area contributed by atoms with Gasteiger partial charge in [-0.05, 0) is 53.1 Å². The fraction of sp³-hybridized carbons (Fsp3) is 0. The number of rotatable bonds is 5. The molecule has 0 N–H and O–H groups in total. The van der Waals surface area contributed by atoms with Gasteiger partial charge in [-0.25, -0.2) is 4.98 Å². The van der Waals surface area contributed by atoms with Crippen molar-refractivity contribution in [3.05, 3.63) is 126 Å². The van der Waals surface area contributed by atoms with Crippen LogP contribution in [-0.4, -0.2) is 9.55 Å². The Balaban J connectivity index is 1.87. The van der Waals surface area contributed by atoms with Crippen molar-refractivity contribution in [3.8, 4) is 16.9 Å². The molecule has 2 heterocycles. The van der Waals surface area contributed by atoms with Crippen LogP contribution in [0.2, 0.25) is 0 Å². The lowest BCUT2D eigenvalue weighted by Crippen LogP contribution is -2.01. The number of halogens is 1. The molecule has 0 radical (unpaired) electrons. The van der Waals surface area contributed by atoms with Gasteiger partial charge in [0.05, 0.1) is 16.7 Å². The number of allylic oxidation sites excluding steroid dienone is 4. The molecular formula is C29H21BrN2. The molecule has 0 saturated heterocycles. The topological polar surface area (TPSA) is 17.8 Å². The second-order valence-electron chi connectivity index (χ2n) is 7.54. The lowest BCUT2D eigenvalue weighted by Gasteiger charge is -2.13. The molecule has 3 heteroatoms. The molecule has 0 spiro atoms. The van der Waals surface area contributed by atoms with Crippen LogP contribution in [0.15, 0.2) is 121 Å². The van der Waals surface area contributed by atoms with E-state index in [0.29, 0.717) is 0 Å². The summed E-state index contributed by atoms with van der Waals surface area (Å²) >= 11 is 3.63. The van der Waals surface area contributed by atoms with E-state index in [0.717, 1.165) is 43.7 Å². The first-order chi connectivity index (χ1) is 15.7. The minimum absolute atomic E-state index is 0.860. The van der Waals surface area contributed by atoms with Gasteiger partial charge in [0, 0.05) is 15.2 Å². The smallest absolute Gasteiger partial charge is 0.138 e. The molecule has 0 fully saturated rings. The maximum absolute atomic E-state index is 5.08. The molecule has 0 aliphatic heterocycles. The fourth-order valence-electron chi connectivity index (χ4n) is 4.15.